The molecule has 0 aromatic heterocycles. The van der Waals surface area contributed by atoms with Crippen molar-refractivity contribution in [1.82, 2.24) is 4.31 Å². The summed E-state index contributed by atoms with van der Waals surface area (Å²) < 4.78 is 38.9. The molecule has 3 rings (SSSR count). The molecule has 1 unspecified atom stereocenters. The minimum absolute atomic E-state index is 0.0513. The van der Waals surface area contributed by atoms with Crippen LogP contribution in [-0.4, -0.2) is 38.0 Å². The van der Waals surface area contributed by atoms with Crippen molar-refractivity contribution >= 4 is 10.0 Å². The maximum atomic E-state index is 12.9. The van der Waals surface area contributed by atoms with E-state index in [1.54, 1.807) is 24.3 Å². The van der Waals surface area contributed by atoms with Gasteiger partial charge in [0.1, 0.15) is 17.6 Å². The molecule has 1 aliphatic heterocycles. The Labute approximate surface area is 155 Å². The quantitative estimate of drug-likeness (QED) is 0.772. The van der Waals surface area contributed by atoms with Crippen LogP contribution in [0.25, 0.3) is 0 Å². The van der Waals surface area contributed by atoms with E-state index in [9.17, 15) is 8.42 Å². The monoisotopic (exact) mass is 375 g/mol. The number of piperidine rings is 1. The lowest BCUT2D eigenvalue weighted by molar-refractivity contribution is 0.130. The third-order valence-electron chi connectivity index (χ3n) is 4.22. The summed E-state index contributed by atoms with van der Waals surface area (Å²) in [6.45, 7) is 4.75. The smallest absolute Gasteiger partial charge is 0.243 e. The summed E-state index contributed by atoms with van der Waals surface area (Å²) in [4.78, 5) is 0.286. The second-order valence-electron chi connectivity index (χ2n) is 6.70. The molecule has 1 aliphatic rings. The van der Waals surface area contributed by atoms with Gasteiger partial charge in [-0.3, -0.25) is 0 Å². The SMILES string of the molecule is CC(C)Oc1ccc(S(=O)(=O)N2CCCC(Oc3ccccc3)C2)cc1. The van der Waals surface area contributed by atoms with Crippen LogP contribution in [0.4, 0.5) is 0 Å². The lowest BCUT2D eigenvalue weighted by Crippen LogP contribution is -2.44. The molecule has 0 amide bonds. The summed E-state index contributed by atoms with van der Waals surface area (Å²) in [6, 6.07) is 16.1. The zero-order chi connectivity index (χ0) is 18.6. The summed E-state index contributed by atoms with van der Waals surface area (Å²) >= 11 is 0. The second-order valence-corrected chi connectivity index (χ2v) is 8.63. The van der Waals surface area contributed by atoms with Gasteiger partial charge in [0.05, 0.1) is 17.5 Å². The van der Waals surface area contributed by atoms with Gasteiger partial charge >= 0.3 is 0 Å². The Morgan fingerprint density at radius 2 is 1.69 bits per heavy atom. The Morgan fingerprint density at radius 1 is 1.00 bits per heavy atom. The lowest BCUT2D eigenvalue weighted by atomic mass is 10.1. The van der Waals surface area contributed by atoms with Gasteiger partial charge in [-0.05, 0) is 63.1 Å². The Balaban J connectivity index is 1.70. The summed E-state index contributed by atoms with van der Waals surface area (Å²) in [5.41, 5.74) is 0. The maximum absolute atomic E-state index is 12.9. The van der Waals surface area contributed by atoms with Gasteiger partial charge in [0.25, 0.3) is 0 Å². The van der Waals surface area contributed by atoms with Gasteiger partial charge in [-0.15, -0.1) is 0 Å². The molecule has 1 fully saturated rings. The third kappa shape index (κ3) is 4.56. The van der Waals surface area contributed by atoms with Crippen LogP contribution < -0.4 is 9.47 Å². The number of sulfonamides is 1. The summed E-state index contributed by atoms with van der Waals surface area (Å²) in [5.74, 6) is 1.44. The average molecular weight is 375 g/mol. The van der Waals surface area contributed by atoms with Gasteiger partial charge in [-0.25, -0.2) is 8.42 Å². The fourth-order valence-corrected chi connectivity index (χ4v) is 4.53. The molecule has 0 saturated carbocycles. The largest absolute Gasteiger partial charge is 0.491 e. The molecule has 2 aromatic rings. The number of benzene rings is 2. The molecule has 26 heavy (non-hydrogen) atoms. The van der Waals surface area contributed by atoms with E-state index in [1.165, 1.54) is 4.31 Å². The fourth-order valence-electron chi connectivity index (χ4n) is 3.02. The molecular formula is C20H25NO4S. The Bertz CT molecular complexity index is 803. The molecule has 140 valence electrons. The zero-order valence-electron chi connectivity index (χ0n) is 15.2. The van der Waals surface area contributed by atoms with Gasteiger partial charge in [-0.1, -0.05) is 18.2 Å². The van der Waals surface area contributed by atoms with Crippen LogP contribution in [0.2, 0.25) is 0 Å². The molecule has 0 spiro atoms. The minimum atomic E-state index is -3.53. The highest BCUT2D eigenvalue weighted by molar-refractivity contribution is 7.89. The number of rotatable bonds is 6. The van der Waals surface area contributed by atoms with E-state index in [0.29, 0.717) is 18.8 Å². The van der Waals surface area contributed by atoms with Crippen molar-refractivity contribution in [2.24, 2.45) is 0 Å². The second kappa shape index (κ2) is 8.10. The van der Waals surface area contributed by atoms with Gasteiger partial charge in [0.15, 0.2) is 0 Å². The average Bonchev–Trinajstić information content (AvgIpc) is 2.63. The van der Waals surface area contributed by atoms with Crippen LogP contribution in [0, 0.1) is 0 Å². The minimum Gasteiger partial charge on any atom is -0.491 e. The van der Waals surface area contributed by atoms with Crippen LogP contribution in [0.5, 0.6) is 11.5 Å². The topological polar surface area (TPSA) is 55.8 Å². The molecule has 1 heterocycles. The molecule has 0 N–H and O–H groups in total. The predicted octanol–water partition coefficient (Wildman–Crippen LogP) is 3.71. The highest BCUT2D eigenvalue weighted by Gasteiger charge is 2.31. The van der Waals surface area contributed by atoms with Crippen molar-refractivity contribution in [2.75, 3.05) is 13.1 Å². The van der Waals surface area contributed by atoms with Gasteiger partial charge in [-0.2, -0.15) is 4.31 Å². The van der Waals surface area contributed by atoms with Crippen molar-refractivity contribution in [3.8, 4) is 11.5 Å². The van der Waals surface area contributed by atoms with Crippen LogP contribution in [0.1, 0.15) is 26.7 Å². The van der Waals surface area contributed by atoms with Crippen LogP contribution in [-0.2, 0) is 10.0 Å². The third-order valence-corrected chi connectivity index (χ3v) is 6.10. The van der Waals surface area contributed by atoms with E-state index in [2.05, 4.69) is 0 Å². The Kier molecular flexibility index (Phi) is 5.84. The number of hydrogen-bond acceptors (Lipinski definition) is 4. The predicted molar refractivity (Wildman–Crippen MR) is 101 cm³/mol. The molecule has 6 heteroatoms. The first kappa shape index (κ1) is 18.7. The van der Waals surface area contributed by atoms with E-state index in [1.807, 2.05) is 44.2 Å². The first-order valence-corrected chi connectivity index (χ1v) is 10.4. The summed E-state index contributed by atoms with van der Waals surface area (Å²) in [5, 5.41) is 0. The van der Waals surface area contributed by atoms with Crippen molar-refractivity contribution in [2.45, 2.75) is 43.8 Å². The van der Waals surface area contributed by atoms with E-state index in [0.717, 1.165) is 18.6 Å². The number of hydrogen-bond donors (Lipinski definition) is 0. The summed E-state index contributed by atoms with van der Waals surface area (Å²) in [7, 11) is -3.53. The highest BCUT2D eigenvalue weighted by Crippen LogP contribution is 2.25. The number of nitrogens with zero attached hydrogens (tertiary/aromatic N) is 1. The van der Waals surface area contributed by atoms with Crippen molar-refractivity contribution in [1.29, 1.82) is 0 Å². The first-order valence-electron chi connectivity index (χ1n) is 8.94. The van der Waals surface area contributed by atoms with Gasteiger partial charge in [0, 0.05) is 6.54 Å². The number of ether oxygens (including phenoxy) is 2. The van der Waals surface area contributed by atoms with E-state index < -0.39 is 10.0 Å². The van der Waals surface area contributed by atoms with Crippen molar-refractivity contribution < 1.29 is 17.9 Å². The van der Waals surface area contributed by atoms with Crippen LogP contribution in [0.3, 0.4) is 0 Å². The Hall–Kier alpha value is -2.05. The number of para-hydroxylation sites is 1. The summed E-state index contributed by atoms with van der Waals surface area (Å²) in [6.07, 6.45) is 1.55. The Morgan fingerprint density at radius 3 is 2.35 bits per heavy atom. The van der Waals surface area contributed by atoms with Crippen LogP contribution >= 0.6 is 0 Å². The van der Waals surface area contributed by atoms with Gasteiger partial charge < -0.3 is 9.47 Å². The lowest BCUT2D eigenvalue weighted by Gasteiger charge is -2.32. The molecular weight excluding hydrogens is 350 g/mol. The molecule has 0 bridgehead atoms. The standard InChI is InChI=1S/C20H25NO4S/c1-16(2)24-18-10-12-20(13-11-18)26(22,23)21-14-6-9-19(15-21)25-17-7-4-3-5-8-17/h3-5,7-8,10-13,16,19H,6,9,14-15H2,1-2H3. The first-order chi connectivity index (χ1) is 12.4. The highest BCUT2D eigenvalue weighted by atomic mass is 32.2. The normalized spacial score (nSPS) is 18.7. The zero-order valence-corrected chi connectivity index (χ0v) is 16.0. The molecule has 0 radical (unpaired) electrons. The molecule has 1 atom stereocenters. The molecule has 1 saturated heterocycles. The molecule has 5 nitrogen and oxygen atoms in total. The van der Waals surface area contributed by atoms with Crippen molar-refractivity contribution in [3.63, 3.8) is 0 Å². The van der Waals surface area contributed by atoms with Crippen LogP contribution in [0.15, 0.2) is 59.5 Å². The fraction of sp³-hybridized carbons (Fsp3) is 0.400. The molecule has 2 aromatic carbocycles. The molecule has 0 aliphatic carbocycles. The van der Waals surface area contributed by atoms with E-state index in [4.69, 9.17) is 9.47 Å². The van der Waals surface area contributed by atoms with E-state index in [-0.39, 0.29) is 17.1 Å². The van der Waals surface area contributed by atoms with Crippen molar-refractivity contribution in [3.05, 3.63) is 54.6 Å². The van der Waals surface area contributed by atoms with E-state index >= 15 is 0 Å². The van der Waals surface area contributed by atoms with Gasteiger partial charge in [0.2, 0.25) is 10.0 Å². The maximum Gasteiger partial charge on any atom is 0.243 e.